The average Bonchev–Trinajstić information content (AvgIpc) is 2.91. The number of fused-ring (bicyclic) bond motifs is 1. The molecule has 0 fully saturated rings. The van der Waals surface area contributed by atoms with Gasteiger partial charge in [-0.1, -0.05) is 11.6 Å². The Labute approximate surface area is 113 Å². The first-order chi connectivity index (χ1) is 9.38. The third-order valence-corrected chi connectivity index (χ3v) is 2.72. The number of aromatic amines is 1. The molecule has 0 radical (unpaired) electrons. The molecular formula is C9H5ClF3N7. The number of nitrogen functional groups attached to an aromatic ring is 1. The maximum atomic E-state index is 12.9. The summed E-state index contributed by atoms with van der Waals surface area (Å²) in [4.78, 5) is 0. The summed E-state index contributed by atoms with van der Waals surface area (Å²) in [6, 6.07) is 2.74. The first kappa shape index (κ1) is 12.7. The van der Waals surface area contributed by atoms with E-state index in [1.165, 1.54) is 12.1 Å². The van der Waals surface area contributed by atoms with E-state index >= 15 is 0 Å². The number of nitrogens with zero attached hydrogens (tertiary/aromatic N) is 5. The van der Waals surface area contributed by atoms with Crippen molar-refractivity contribution in [3.63, 3.8) is 0 Å². The molecule has 0 saturated carbocycles. The molecule has 11 heteroatoms. The third kappa shape index (κ3) is 1.84. The minimum absolute atomic E-state index is 0.0430. The molecule has 3 aromatic heterocycles. The molecule has 3 rings (SSSR count). The maximum absolute atomic E-state index is 12.9. The standard InChI is InChI=1S/C9H5ClF3N7/c10-3-1-2-4(16-15-3)20-8-5(7(14)17-18-8)6(19-20)9(11,12)13/h1-2H,(H3,14,17,18). The van der Waals surface area contributed by atoms with Gasteiger partial charge in [-0.15, -0.1) is 10.2 Å². The maximum Gasteiger partial charge on any atom is 0.436 e. The molecule has 0 aliphatic heterocycles. The molecule has 3 heterocycles. The Morgan fingerprint density at radius 3 is 2.60 bits per heavy atom. The van der Waals surface area contributed by atoms with Crippen LogP contribution in [0.15, 0.2) is 12.1 Å². The number of nitrogens with one attached hydrogen (secondary N) is 1. The van der Waals surface area contributed by atoms with Crippen LogP contribution in [0.1, 0.15) is 5.69 Å². The van der Waals surface area contributed by atoms with Gasteiger partial charge >= 0.3 is 6.18 Å². The van der Waals surface area contributed by atoms with Crippen molar-refractivity contribution < 1.29 is 13.2 Å². The lowest BCUT2D eigenvalue weighted by atomic mass is 10.3. The van der Waals surface area contributed by atoms with Crippen LogP contribution in [-0.2, 0) is 6.18 Å². The number of hydrogen-bond acceptors (Lipinski definition) is 5. The molecular weight excluding hydrogens is 299 g/mol. The van der Waals surface area contributed by atoms with Crippen molar-refractivity contribution in [2.45, 2.75) is 6.18 Å². The van der Waals surface area contributed by atoms with Crippen molar-refractivity contribution in [2.75, 3.05) is 5.73 Å². The van der Waals surface area contributed by atoms with Crippen LogP contribution in [0, 0.1) is 0 Å². The Morgan fingerprint density at radius 1 is 1.25 bits per heavy atom. The highest BCUT2D eigenvalue weighted by Crippen LogP contribution is 2.36. The van der Waals surface area contributed by atoms with E-state index in [4.69, 9.17) is 17.3 Å². The zero-order valence-electron chi connectivity index (χ0n) is 9.48. The topological polar surface area (TPSA) is 98.3 Å². The van der Waals surface area contributed by atoms with Crippen LogP contribution in [0.3, 0.4) is 0 Å². The summed E-state index contributed by atoms with van der Waals surface area (Å²) >= 11 is 5.57. The van der Waals surface area contributed by atoms with Crippen LogP contribution in [0.25, 0.3) is 16.9 Å². The van der Waals surface area contributed by atoms with Gasteiger partial charge in [-0.25, -0.2) is 0 Å². The van der Waals surface area contributed by atoms with Crippen LogP contribution >= 0.6 is 11.6 Å². The zero-order valence-corrected chi connectivity index (χ0v) is 10.2. The van der Waals surface area contributed by atoms with Crippen molar-refractivity contribution in [2.24, 2.45) is 0 Å². The SMILES string of the molecule is Nc1[nH]nc2c1c(C(F)(F)F)nn2-c1ccc(Cl)nn1. The van der Waals surface area contributed by atoms with E-state index in [9.17, 15) is 13.2 Å². The predicted octanol–water partition coefficient (Wildman–Crippen LogP) is 1.79. The van der Waals surface area contributed by atoms with Crippen molar-refractivity contribution in [3.05, 3.63) is 23.0 Å². The fourth-order valence-corrected chi connectivity index (χ4v) is 1.81. The van der Waals surface area contributed by atoms with Crippen molar-refractivity contribution in [1.82, 2.24) is 30.2 Å². The lowest BCUT2D eigenvalue weighted by Gasteiger charge is -2.02. The van der Waals surface area contributed by atoms with Gasteiger partial charge in [0.1, 0.15) is 5.82 Å². The molecule has 104 valence electrons. The molecule has 0 aromatic carbocycles. The summed E-state index contributed by atoms with van der Waals surface area (Å²) in [5.41, 5.74) is 4.23. The number of H-pyrrole nitrogens is 1. The molecule has 0 bridgehead atoms. The highest BCUT2D eigenvalue weighted by atomic mass is 35.5. The number of anilines is 1. The monoisotopic (exact) mass is 303 g/mol. The molecule has 0 spiro atoms. The lowest BCUT2D eigenvalue weighted by molar-refractivity contribution is -0.140. The minimum atomic E-state index is -4.67. The van der Waals surface area contributed by atoms with Crippen LogP contribution in [0.5, 0.6) is 0 Å². The number of nitrogens with two attached hydrogens (primary N) is 1. The van der Waals surface area contributed by atoms with E-state index in [-0.39, 0.29) is 27.8 Å². The number of alkyl halides is 3. The van der Waals surface area contributed by atoms with Crippen molar-refractivity contribution in [3.8, 4) is 5.82 Å². The van der Waals surface area contributed by atoms with Gasteiger partial charge in [-0.2, -0.15) is 28.1 Å². The molecule has 3 aromatic rings. The summed E-state index contributed by atoms with van der Waals surface area (Å²) in [6.07, 6.45) is -4.67. The van der Waals surface area contributed by atoms with E-state index in [2.05, 4.69) is 25.5 Å². The van der Waals surface area contributed by atoms with Gasteiger partial charge in [0.15, 0.2) is 22.3 Å². The molecule has 0 saturated heterocycles. The summed E-state index contributed by atoms with van der Waals surface area (Å²) in [5, 5.41) is 16.4. The number of rotatable bonds is 1. The molecule has 3 N–H and O–H groups in total. The van der Waals surface area contributed by atoms with Crippen molar-refractivity contribution >= 4 is 28.5 Å². The van der Waals surface area contributed by atoms with Crippen LogP contribution in [-0.4, -0.2) is 30.2 Å². The second-order valence-corrected chi connectivity index (χ2v) is 4.20. The number of aromatic nitrogens is 6. The molecule has 20 heavy (non-hydrogen) atoms. The zero-order chi connectivity index (χ0) is 14.5. The molecule has 0 aliphatic carbocycles. The third-order valence-electron chi connectivity index (χ3n) is 2.52. The van der Waals surface area contributed by atoms with Gasteiger partial charge in [-0.3, -0.25) is 5.10 Å². The van der Waals surface area contributed by atoms with Gasteiger partial charge in [0.2, 0.25) is 0 Å². The summed E-state index contributed by atoms with van der Waals surface area (Å²) in [6.45, 7) is 0. The average molecular weight is 304 g/mol. The van der Waals surface area contributed by atoms with Crippen LogP contribution in [0.4, 0.5) is 19.0 Å². The Hall–Kier alpha value is -2.36. The Bertz CT molecular complexity index is 773. The Balaban J connectivity index is 2.29. The summed E-state index contributed by atoms with van der Waals surface area (Å²) in [5.74, 6) is -0.179. The summed E-state index contributed by atoms with van der Waals surface area (Å²) in [7, 11) is 0. The lowest BCUT2D eigenvalue weighted by Crippen LogP contribution is -2.09. The molecule has 0 unspecified atom stereocenters. The fourth-order valence-electron chi connectivity index (χ4n) is 1.71. The minimum Gasteiger partial charge on any atom is -0.383 e. The molecule has 0 atom stereocenters. The smallest absolute Gasteiger partial charge is 0.383 e. The Kier molecular flexibility index (Phi) is 2.57. The fraction of sp³-hybridized carbons (Fsp3) is 0.111. The second kappa shape index (κ2) is 4.07. The molecule has 0 aliphatic rings. The first-order valence-electron chi connectivity index (χ1n) is 5.17. The van der Waals surface area contributed by atoms with Gasteiger partial charge in [0.05, 0.1) is 5.39 Å². The number of hydrogen-bond donors (Lipinski definition) is 2. The predicted molar refractivity (Wildman–Crippen MR) is 63.2 cm³/mol. The van der Waals surface area contributed by atoms with E-state index in [0.717, 1.165) is 4.68 Å². The quantitative estimate of drug-likeness (QED) is 0.714. The Morgan fingerprint density at radius 2 is 2.00 bits per heavy atom. The van der Waals surface area contributed by atoms with E-state index < -0.39 is 11.9 Å². The molecule has 7 nitrogen and oxygen atoms in total. The first-order valence-corrected chi connectivity index (χ1v) is 5.55. The highest BCUT2D eigenvalue weighted by Gasteiger charge is 2.39. The molecule has 0 amide bonds. The normalized spacial score (nSPS) is 12.2. The van der Waals surface area contributed by atoms with Gasteiger partial charge in [0, 0.05) is 0 Å². The van der Waals surface area contributed by atoms with E-state index in [1.807, 2.05) is 0 Å². The largest absolute Gasteiger partial charge is 0.436 e. The van der Waals surface area contributed by atoms with Crippen LogP contribution in [0.2, 0.25) is 5.15 Å². The van der Waals surface area contributed by atoms with Gasteiger partial charge in [0.25, 0.3) is 0 Å². The number of halogens is 4. The van der Waals surface area contributed by atoms with E-state index in [1.54, 1.807) is 0 Å². The van der Waals surface area contributed by atoms with Gasteiger partial charge < -0.3 is 5.73 Å². The van der Waals surface area contributed by atoms with Gasteiger partial charge in [-0.05, 0) is 12.1 Å². The van der Waals surface area contributed by atoms with E-state index in [0.29, 0.717) is 0 Å². The summed E-state index contributed by atoms with van der Waals surface area (Å²) < 4.78 is 39.7. The van der Waals surface area contributed by atoms with Crippen molar-refractivity contribution in [1.29, 1.82) is 0 Å². The van der Waals surface area contributed by atoms with Crippen LogP contribution < -0.4 is 5.73 Å². The highest BCUT2D eigenvalue weighted by molar-refractivity contribution is 6.29. The second-order valence-electron chi connectivity index (χ2n) is 3.81.